The van der Waals surface area contributed by atoms with Gasteiger partial charge in [0, 0.05) is 19.0 Å². The molecule has 3 heteroatoms. The zero-order chi connectivity index (χ0) is 13.9. The highest BCUT2D eigenvalue weighted by Crippen LogP contribution is 2.57. The Labute approximate surface area is 122 Å². The first-order valence-electron chi connectivity index (χ1n) is 8.57. The Morgan fingerprint density at radius 2 is 1.75 bits per heavy atom. The smallest absolute Gasteiger partial charge is 0.226 e. The third-order valence-electron chi connectivity index (χ3n) is 6.87. The number of hydrogen-bond donors (Lipinski definition) is 1. The third kappa shape index (κ3) is 1.93. The van der Waals surface area contributed by atoms with Crippen LogP contribution in [0.4, 0.5) is 0 Å². The molecule has 4 bridgehead atoms. The summed E-state index contributed by atoms with van der Waals surface area (Å²) in [6.45, 7) is 4.77. The molecular weight excluding hydrogens is 248 g/mol. The van der Waals surface area contributed by atoms with E-state index in [1.807, 2.05) is 0 Å². The molecule has 1 heterocycles. The zero-order valence-electron chi connectivity index (χ0n) is 12.7. The van der Waals surface area contributed by atoms with Crippen molar-refractivity contribution < 1.29 is 4.79 Å². The van der Waals surface area contributed by atoms with Crippen molar-refractivity contribution in [2.75, 3.05) is 19.6 Å². The van der Waals surface area contributed by atoms with Gasteiger partial charge in [0.05, 0.1) is 0 Å². The Hall–Kier alpha value is -0.570. The van der Waals surface area contributed by atoms with Crippen molar-refractivity contribution in [1.29, 1.82) is 0 Å². The molecule has 5 fully saturated rings. The summed E-state index contributed by atoms with van der Waals surface area (Å²) in [5.41, 5.74) is 6.06. The number of hydrogen-bond acceptors (Lipinski definition) is 2. The van der Waals surface area contributed by atoms with Gasteiger partial charge in [-0.05, 0) is 74.2 Å². The Morgan fingerprint density at radius 1 is 1.15 bits per heavy atom. The lowest BCUT2D eigenvalue weighted by atomic mass is 9.51. The van der Waals surface area contributed by atoms with Gasteiger partial charge in [0.15, 0.2) is 0 Å². The molecular formula is C17H28N2O. The second kappa shape index (κ2) is 4.46. The Bertz CT molecular complexity index is 393. The molecule has 1 unspecified atom stereocenters. The molecule has 4 aliphatic carbocycles. The lowest BCUT2D eigenvalue weighted by molar-refractivity contribution is -0.148. The van der Waals surface area contributed by atoms with Crippen LogP contribution in [0.5, 0.6) is 0 Å². The second-order valence-electron chi connectivity index (χ2n) is 8.48. The summed E-state index contributed by atoms with van der Waals surface area (Å²) >= 11 is 0. The molecule has 5 aliphatic rings. The number of nitrogens with two attached hydrogens (primary N) is 1. The summed E-state index contributed by atoms with van der Waals surface area (Å²) in [4.78, 5) is 15.2. The molecule has 0 aromatic carbocycles. The first-order chi connectivity index (χ1) is 9.58. The molecule has 1 aliphatic heterocycles. The van der Waals surface area contributed by atoms with E-state index in [1.54, 1.807) is 0 Å². The molecule has 20 heavy (non-hydrogen) atoms. The van der Waals surface area contributed by atoms with Crippen LogP contribution in [0.25, 0.3) is 0 Å². The lowest BCUT2D eigenvalue weighted by Crippen LogP contribution is -2.51. The summed E-state index contributed by atoms with van der Waals surface area (Å²) in [5.74, 6) is 4.18. The summed E-state index contributed by atoms with van der Waals surface area (Å²) < 4.78 is 0. The molecule has 0 aromatic heterocycles. The second-order valence-corrected chi connectivity index (χ2v) is 8.48. The summed E-state index contributed by atoms with van der Waals surface area (Å²) in [6, 6.07) is 0. The van der Waals surface area contributed by atoms with E-state index in [1.165, 1.54) is 32.1 Å². The van der Waals surface area contributed by atoms with Crippen molar-refractivity contribution in [3.05, 3.63) is 0 Å². The highest BCUT2D eigenvalue weighted by molar-refractivity contribution is 5.80. The van der Waals surface area contributed by atoms with E-state index in [0.29, 0.717) is 30.2 Å². The number of rotatable bonds is 2. The SMILES string of the molecule is CC1(CN)CCN(C(=O)C2C3CC4CC(C3)CC2C4)C1. The van der Waals surface area contributed by atoms with Gasteiger partial charge in [-0.2, -0.15) is 0 Å². The van der Waals surface area contributed by atoms with Crippen LogP contribution in [0.15, 0.2) is 0 Å². The molecule has 1 amide bonds. The van der Waals surface area contributed by atoms with Crippen LogP contribution in [-0.2, 0) is 4.79 Å². The van der Waals surface area contributed by atoms with Crippen molar-refractivity contribution in [2.45, 2.75) is 45.4 Å². The Morgan fingerprint density at radius 3 is 2.25 bits per heavy atom. The van der Waals surface area contributed by atoms with Crippen LogP contribution < -0.4 is 5.73 Å². The Kier molecular flexibility index (Phi) is 2.93. The highest BCUT2D eigenvalue weighted by atomic mass is 16.2. The lowest BCUT2D eigenvalue weighted by Gasteiger charge is -2.54. The van der Waals surface area contributed by atoms with E-state index >= 15 is 0 Å². The first-order valence-corrected chi connectivity index (χ1v) is 8.57. The van der Waals surface area contributed by atoms with E-state index in [4.69, 9.17) is 5.73 Å². The normalized spacial score (nSPS) is 49.9. The summed E-state index contributed by atoms with van der Waals surface area (Å²) in [6.07, 6.45) is 7.90. The quantitative estimate of drug-likeness (QED) is 0.841. The fourth-order valence-electron chi connectivity index (χ4n) is 5.92. The third-order valence-corrected chi connectivity index (χ3v) is 6.87. The van der Waals surface area contributed by atoms with Gasteiger partial charge in [-0.3, -0.25) is 4.79 Å². The molecule has 112 valence electrons. The average molecular weight is 276 g/mol. The largest absolute Gasteiger partial charge is 0.342 e. The fraction of sp³-hybridized carbons (Fsp3) is 0.941. The van der Waals surface area contributed by atoms with Crippen LogP contribution in [0.1, 0.15) is 45.4 Å². The van der Waals surface area contributed by atoms with Gasteiger partial charge in [-0.1, -0.05) is 6.92 Å². The Balaban J connectivity index is 1.49. The molecule has 0 radical (unpaired) electrons. The van der Waals surface area contributed by atoms with E-state index in [9.17, 15) is 4.79 Å². The van der Waals surface area contributed by atoms with Gasteiger partial charge in [0.1, 0.15) is 0 Å². The predicted molar refractivity (Wildman–Crippen MR) is 78.9 cm³/mol. The van der Waals surface area contributed by atoms with Crippen LogP contribution in [0, 0.1) is 35.0 Å². The number of carbonyl (C=O) groups excluding carboxylic acids is 1. The number of nitrogens with zero attached hydrogens (tertiary/aromatic N) is 1. The van der Waals surface area contributed by atoms with Gasteiger partial charge < -0.3 is 10.6 Å². The van der Waals surface area contributed by atoms with Crippen LogP contribution in [0.3, 0.4) is 0 Å². The maximum absolute atomic E-state index is 13.0. The van der Waals surface area contributed by atoms with Gasteiger partial charge in [0.25, 0.3) is 0 Å². The molecule has 1 saturated heterocycles. The molecule has 4 saturated carbocycles. The molecule has 1 atom stereocenters. The number of amides is 1. The maximum atomic E-state index is 13.0. The van der Waals surface area contributed by atoms with Crippen molar-refractivity contribution in [2.24, 2.45) is 40.7 Å². The monoisotopic (exact) mass is 276 g/mol. The van der Waals surface area contributed by atoms with Crippen LogP contribution >= 0.6 is 0 Å². The molecule has 2 N–H and O–H groups in total. The topological polar surface area (TPSA) is 46.3 Å². The summed E-state index contributed by atoms with van der Waals surface area (Å²) in [5, 5.41) is 0. The van der Waals surface area contributed by atoms with E-state index in [-0.39, 0.29) is 5.41 Å². The van der Waals surface area contributed by atoms with Gasteiger partial charge in [-0.25, -0.2) is 0 Å². The minimum absolute atomic E-state index is 0.168. The van der Waals surface area contributed by atoms with Gasteiger partial charge in [-0.15, -0.1) is 0 Å². The van der Waals surface area contributed by atoms with Crippen molar-refractivity contribution in [1.82, 2.24) is 4.90 Å². The van der Waals surface area contributed by atoms with Gasteiger partial charge >= 0.3 is 0 Å². The molecule has 0 spiro atoms. The summed E-state index contributed by atoms with van der Waals surface area (Å²) in [7, 11) is 0. The standard InChI is InChI=1S/C17H28N2O/c1-17(9-18)2-3-19(10-17)16(20)15-13-5-11-4-12(7-13)8-14(15)6-11/h11-15H,2-10,18H2,1H3. The minimum Gasteiger partial charge on any atom is -0.342 e. The maximum Gasteiger partial charge on any atom is 0.226 e. The predicted octanol–water partition coefficient (Wildman–Crippen LogP) is 2.26. The highest BCUT2D eigenvalue weighted by Gasteiger charge is 2.52. The first kappa shape index (κ1) is 13.1. The molecule has 3 nitrogen and oxygen atoms in total. The number of carbonyl (C=O) groups is 1. The van der Waals surface area contributed by atoms with Crippen molar-refractivity contribution in [3.63, 3.8) is 0 Å². The van der Waals surface area contributed by atoms with Crippen LogP contribution in [0.2, 0.25) is 0 Å². The van der Waals surface area contributed by atoms with Crippen LogP contribution in [-0.4, -0.2) is 30.4 Å². The van der Waals surface area contributed by atoms with E-state index in [2.05, 4.69) is 11.8 Å². The average Bonchev–Trinajstić information content (AvgIpc) is 2.81. The molecule has 5 rings (SSSR count). The zero-order valence-corrected chi connectivity index (χ0v) is 12.7. The van der Waals surface area contributed by atoms with E-state index in [0.717, 1.165) is 31.3 Å². The van der Waals surface area contributed by atoms with Gasteiger partial charge in [0.2, 0.25) is 5.91 Å². The van der Waals surface area contributed by atoms with Crippen molar-refractivity contribution >= 4 is 5.91 Å². The minimum atomic E-state index is 0.168. The van der Waals surface area contributed by atoms with Crippen molar-refractivity contribution in [3.8, 4) is 0 Å². The molecule has 0 aromatic rings. The fourth-order valence-corrected chi connectivity index (χ4v) is 5.92. The van der Waals surface area contributed by atoms with E-state index < -0.39 is 0 Å². The number of likely N-dealkylation sites (tertiary alicyclic amines) is 1.